The Morgan fingerprint density at radius 3 is 2.39 bits per heavy atom. The van der Waals surface area contributed by atoms with Crippen LogP contribution in [0.4, 0.5) is 0 Å². The van der Waals surface area contributed by atoms with E-state index in [-0.39, 0.29) is 37.6 Å². The third-order valence-electron chi connectivity index (χ3n) is 12.8. The number of ether oxygens (including phenoxy) is 4. The summed E-state index contributed by atoms with van der Waals surface area (Å²) in [6.45, 7) is 11.4. The Kier molecular flexibility index (Phi) is 20.9. The number of rotatable bonds is 10. The number of carboxylic acids is 1. The van der Waals surface area contributed by atoms with Gasteiger partial charge in [0.15, 0.2) is 5.79 Å². The van der Waals surface area contributed by atoms with Crippen molar-refractivity contribution in [1.29, 1.82) is 0 Å². The number of hydrogen-bond acceptors (Lipinski definition) is 16. The molecule has 18 nitrogen and oxygen atoms in total. The van der Waals surface area contributed by atoms with Gasteiger partial charge in [-0.2, -0.15) is 0 Å². The molecule has 4 rings (SSSR count). The maximum absolute atomic E-state index is 13.2. The van der Waals surface area contributed by atoms with Crippen molar-refractivity contribution in [3.8, 4) is 0 Å². The molecular weight excluding hydrogens is 863 g/mol. The average molecular weight is 936 g/mol. The molecule has 66 heavy (non-hydrogen) atoms. The molecule has 3 fully saturated rings. The number of carbonyl (C=O) groups excluding carboxylic acids is 2. The number of fused-ring (bicyclic) bond motifs is 2. The molecule has 16 unspecified atom stereocenters. The molecular formula is C48H73NO17. The van der Waals surface area contributed by atoms with Gasteiger partial charge < -0.3 is 75.3 Å². The van der Waals surface area contributed by atoms with E-state index in [2.05, 4.69) is 11.9 Å². The van der Waals surface area contributed by atoms with Crippen molar-refractivity contribution in [2.45, 2.75) is 195 Å². The molecule has 3 saturated heterocycles. The Bertz CT molecular complexity index is 1790. The van der Waals surface area contributed by atoms with Gasteiger partial charge in [0.25, 0.3) is 0 Å². The molecule has 4 aliphatic heterocycles. The molecule has 16 atom stereocenters. The van der Waals surface area contributed by atoms with Crippen LogP contribution in [0.25, 0.3) is 0 Å². The van der Waals surface area contributed by atoms with Crippen molar-refractivity contribution in [3.63, 3.8) is 0 Å². The van der Waals surface area contributed by atoms with E-state index >= 15 is 0 Å². The number of carboxylic acid groups (broad SMARTS) is 1. The molecule has 4 aliphatic rings. The summed E-state index contributed by atoms with van der Waals surface area (Å²) >= 11 is 0. The number of carbonyl (C=O) groups is 3. The Morgan fingerprint density at radius 1 is 0.970 bits per heavy atom. The molecule has 0 aromatic heterocycles. The summed E-state index contributed by atoms with van der Waals surface area (Å²) in [7, 11) is 0. The van der Waals surface area contributed by atoms with Crippen LogP contribution < -0.4 is 5.32 Å². The van der Waals surface area contributed by atoms with Crippen molar-refractivity contribution in [3.05, 3.63) is 71.9 Å². The number of cyclic esters (lactones) is 1. The second-order valence-electron chi connectivity index (χ2n) is 18.7. The van der Waals surface area contributed by atoms with Crippen LogP contribution in [-0.2, 0) is 33.3 Å². The topological polar surface area (TPSA) is 302 Å². The van der Waals surface area contributed by atoms with Gasteiger partial charge in [-0.25, -0.2) is 4.79 Å². The number of nitrogens with one attached hydrogen (secondary N) is 1. The number of aliphatic hydroxyl groups is 9. The fourth-order valence-corrected chi connectivity index (χ4v) is 8.80. The third kappa shape index (κ3) is 16.3. The van der Waals surface area contributed by atoms with Crippen LogP contribution in [0.5, 0.6) is 0 Å². The zero-order chi connectivity index (χ0) is 48.9. The SMILES string of the molecule is C=C1CC=CCNC(=O)CCC2(O)OC(CCC=C(C)CC(C=CCC3OC(C(O)C(O)C(O)CC4OC(CC(=O)O)C(O)C(O)C4O)CC3C)OC(=O)C=CC(C)=CC1)CC(C)(O)C2O. The van der Waals surface area contributed by atoms with Crippen LogP contribution in [0.1, 0.15) is 105 Å². The Hall–Kier alpha value is -3.63. The average Bonchev–Trinajstić information content (AvgIpc) is 3.62. The van der Waals surface area contributed by atoms with Gasteiger partial charge in [0, 0.05) is 44.7 Å². The van der Waals surface area contributed by atoms with Gasteiger partial charge in [0.05, 0.1) is 48.6 Å². The van der Waals surface area contributed by atoms with Crippen LogP contribution in [0, 0.1) is 5.92 Å². The van der Waals surface area contributed by atoms with Gasteiger partial charge in [0.1, 0.15) is 42.7 Å². The van der Waals surface area contributed by atoms with E-state index in [1.807, 2.05) is 39.0 Å². The first-order valence-corrected chi connectivity index (χ1v) is 22.9. The van der Waals surface area contributed by atoms with Gasteiger partial charge in [-0.1, -0.05) is 66.7 Å². The zero-order valence-electron chi connectivity index (χ0n) is 38.4. The van der Waals surface area contributed by atoms with Crippen LogP contribution in [-0.4, -0.2) is 166 Å². The number of hydrogen-bond donors (Lipinski definition) is 11. The normalized spacial score (nSPS) is 37.7. The van der Waals surface area contributed by atoms with Crippen molar-refractivity contribution in [2.24, 2.45) is 5.92 Å². The highest BCUT2D eigenvalue weighted by Crippen LogP contribution is 2.39. The number of esters is 1. The van der Waals surface area contributed by atoms with Gasteiger partial charge in [-0.05, 0) is 71.3 Å². The van der Waals surface area contributed by atoms with Gasteiger partial charge in [-0.15, -0.1) is 0 Å². The first-order valence-electron chi connectivity index (χ1n) is 22.9. The largest absolute Gasteiger partial charge is 0.481 e. The molecule has 0 aliphatic carbocycles. The molecule has 18 heteroatoms. The predicted octanol–water partition coefficient (Wildman–Crippen LogP) is 1.45. The Balaban J connectivity index is 1.43. The zero-order valence-corrected chi connectivity index (χ0v) is 38.4. The molecule has 0 aromatic carbocycles. The quantitative estimate of drug-likeness (QED) is 0.109. The standard InChI is InChI=1S/C48H73NO17/c1-27-10-6-7-21-49-38(51)19-20-48(62)46(60)47(5,61)26-32(66-48)13-8-11-29(3)22-31(63-40(54)18-17-28(2)16-15-27)12-9-14-34-30(4)23-35(64-34)42(56)41(55)33(50)24-36-43(57)45(59)44(58)37(65-36)25-39(52)53/h6-7,9,11-12,16-18,30-37,41-46,50,55-62H,1,8,10,13-15,19-26H2,2-5H3,(H,49,51)(H,52,53). The van der Waals surface area contributed by atoms with Crippen molar-refractivity contribution in [1.82, 2.24) is 5.32 Å². The molecule has 0 aromatic rings. The van der Waals surface area contributed by atoms with Gasteiger partial charge in [0.2, 0.25) is 5.91 Å². The maximum atomic E-state index is 13.2. The lowest BCUT2D eigenvalue weighted by Crippen LogP contribution is -2.63. The summed E-state index contributed by atoms with van der Waals surface area (Å²) in [6, 6.07) is 0. The number of allylic oxidation sites excluding steroid dienone is 6. The second-order valence-corrected chi connectivity index (χ2v) is 18.7. The summed E-state index contributed by atoms with van der Waals surface area (Å²) in [5, 5.41) is 109. The monoisotopic (exact) mass is 935 g/mol. The van der Waals surface area contributed by atoms with Gasteiger partial charge >= 0.3 is 11.9 Å². The summed E-state index contributed by atoms with van der Waals surface area (Å²) in [6.07, 6.45) is -1.88. The van der Waals surface area contributed by atoms with E-state index in [4.69, 9.17) is 24.1 Å². The van der Waals surface area contributed by atoms with Crippen LogP contribution in [0.2, 0.25) is 0 Å². The van der Waals surface area contributed by atoms with Crippen molar-refractivity contribution in [2.75, 3.05) is 6.54 Å². The molecule has 1 amide bonds. The minimum absolute atomic E-state index is 0.0425. The minimum atomic E-state index is -2.16. The second kappa shape index (κ2) is 25.1. The first kappa shape index (κ1) is 55.0. The molecule has 0 spiro atoms. The van der Waals surface area contributed by atoms with E-state index in [0.29, 0.717) is 44.9 Å². The molecule has 372 valence electrons. The van der Waals surface area contributed by atoms with E-state index < -0.39 is 116 Å². The fraction of sp³-hybridized carbons (Fsp3) is 0.688. The first-order chi connectivity index (χ1) is 31.0. The van der Waals surface area contributed by atoms with Gasteiger partial charge in [-0.3, -0.25) is 9.59 Å². The van der Waals surface area contributed by atoms with Crippen LogP contribution in [0.15, 0.2) is 71.9 Å². The lowest BCUT2D eigenvalue weighted by Gasteiger charge is -2.48. The predicted molar refractivity (Wildman–Crippen MR) is 239 cm³/mol. The lowest BCUT2D eigenvalue weighted by molar-refractivity contribution is -0.344. The lowest BCUT2D eigenvalue weighted by atomic mass is 9.81. The van der Waals surface area contributed by atoms with E-state index in [9.17, 15) is 60.3 Å². The maximum Gasteiger partial charge on any atom is 0.331 e. The number of aliphatic carboxylic acids is 1. The third-order valence-corrected chi connectivity index (χ3v) is 12.8. The minimum Gasteiger partial charge on any atom is -0.481 e. The van der Waals surface area contributed by atoms with E-state index in [1.54, 1.807) is 24.3 Å². The molecule has 0 radical (unpaired) electrons. The summed E-state index contributed by atoms with van der Waals surface area (Å²) < 4.78 is 23.4. The number of aliphatic hydroxyl groups excluding tert-OH is 7. The summed E-state index contributed by atoms with van der Waals surface area (Å²) in [5.41, 5.74) is 0.895. The van der Waals surface area contributed by atoms with E-state index in [1.165, 1.54) is 13.0 Å². The smallest absolute Gasteiger partial charge is 0.331 e. The van der Waals surface area contributed by atoms with Crippen molar-refractivity contribution >= 4 is 17.8 Å². The highest BCUT2D eigenvalue weighted by molar-refractivity contribution is 5.82. The highest BCUT2D eigenvalue weighted by atomic mass is 16.7. The molecule has 2 bridgehead atoms. The molecule has 0 saturated carbocycles. The van der Waals surface area contributed by atoms with Crippen LogP contribution >= 0.6 is 0 Å². The summed E-state index contributed by atoms with van der Waals surface area (Å²) in [4.78, 5) is 37.0. The summed E-state index contributed by atoms with van der Waals surface area (Å²) in [5.74, 6) is -4.53. The highest BCUT2D eigenvalue weighted by Gasteiger charge is 2.54. The van der Waals surface area contributed by atoms with Crippen LogP contribution in [0.3, 0.4) is 0 Å². The van der Waals surface area contributed by atoms with E-state index in [0.717, 1.165) is 16.7 Å². The number of amides is 1. The van der Waals surface area contributed by atoms with Crippen molar-refractivity contribution < 1.29 is 84.4 Å². The Labute approximate surface area is 386 Å². The Morgan fingerprint density at radius 2 is 1.68 bits per heavy atom. The molecule has 11 N–H and O–H groups in total. The molecule has 4 heterocycles. The fourth-order valence-electron chi connectivity index (χ4n) is 8.80.